The van der Waals surface area contributed by atoms with Crippen molar-refractivity contribution in [1.29, 1.82) is 0 Å². The summed E-state index contributed by atoms with van der Waals surface area (Å²) < 4.78 is 1.85. The van der Waals surface area contributed by atoms with Crippen molar-refractivity contribution in [2.24, 2.45) is 0 Å². The lowest BCUT2D eigenvalue weighted by Crippen LogP contribution is -2.33. The van der Waals surface area contributed by atoms with E-state index in [1.54, 1.807) is 6.33 Å². The van der Waals surface area contributed by atoms with Crippen LogP contribution in [0.2, 0.25) is 0 Å². The van der Waals surface area contributed by atoms with Gasteiger partial charge in [-0.2, -0.15) is 5.10 Å². The maximum atomic E-state index is 4.49. The van der Waals surface area contributed by atoms with E-state index in [-0.39, 0.29) is 12.4 Å². The summed E-state index contributed by atoms with van der Waals surface area (Å²) in [6.45, 7) is 4.38. The second-order valence-corrected chi connectivity index (χ2v) is 6.18. The molecule has 3 aromatic rings. The molecule has 0 atom stereocenters. The van der Waals surface area contributed by atoms with Crippen LogP contribution < -0.4 is 5.32 Å². The maximum Gasteiger partial charge on any atom is 0.168 e. The van der Waals surface area contributed by atoms with Crippen LogP contribution >= 0.6 is 12.4 Å². The van der Waals surface area contributed by atoms with Crippen molar-refractivity contribution in [2.75, 3.05) is 31.5 Å². The number of nitrogens with one attached hydrogen (secondary N) is 1. The summed E-state index contributed by atoms with van der Waals surface area (Å²) in [6, 6.07) is 10.1. The molecule has 3 heterocycles. The van der Waals surface area contributed by atoms with E-state index in [4.69, 9.17) is 0 Å². The molecule has 25 heavy (non-hydrogen) atoms. The van der Waals surface area contributed by atoms with E-state index in [2.05, 4.69) is 25.3 Å². The number of fused-ring (bicyclic) bond motifs is 1. The van der Waals surface area contributed by atoms with Gasteiger partial charge in [0.05, 0.1) is 17.3 Å². The largest absolute Gasteiger partial charge is 0.368 e. The van der Waals surface area contributed by atoms with Crippen LogP contribution in [-0.2, 0) is 0 Å². The smallest absolute Gasteiger partial charge is 0.168 e. The van der Waals surface area contributed by atoms with Crippen LogP contribution in [0.5, 0.6) is 0 Å². The van der Waals surface area contributed by atoms with Crippen molar-refractivity contribution < 1.29 is 0 Å². The lowest BCUT2D eigenvalue weighted by molar-refractivity contribution is 0.237. The van der Waals surface area contributed by atoms with Crippen LogP contribution in [0.4, 0.5) is 5.82 Å². The summed E-state index contributed by atoms with van der Waals surface area (Å²) in [7, 11) is 0. The zero-order chi connectivity index (χ0) is 16.2. The molecule has 1 aliphatic heterocycles. The third-order valence-corrected chi connectivity index (χ3v) is 4.54. The van der Waals surface area contributed by atoms with E-state index in [1.165, 1.54) is 32.4 Å². The molecule has 6 nitrogen and oxygen atoms in total. The fraction of sp³-hybridized carbons (Fsp3) is 0.389. The maximum absolute atomic E-state index is 4.49. The molecule has 1 N–H and O–H groups in total. The predicted octanol–water partition coefficient (Wildman–Crippen LogP) is 3.14. The number of rotatable bonds is 5. The Kier molecular flexibility index (Phi) is 5.83. The van der Waals surface area contributed by atoms with E-state index in [1.807, 2.05) is 41.2 Å². The minimum Gasteiger partial charge on any atom is -0.368 e. The number of halogens is 1. The number of benzene rings is 1. The molecule has 0 radical (unpaired) electrons. The Labute approximate surface area is 153 Å². The van der Waals surface area contributed by atoms with Gasteiger partial charge in [0.1, 0.15) is 12.1 Å². The average molecular weight is 359 g/mol. The van der Waals surface area contributed by atoms with Gasteiger partial charge < -0.3 is 10.2 Å². The number of para-hydroxylation sites is 1. The van der Waals surface area contributed by atoms with Gasteiger partial charge in [-0.05, 0) is 38.1 Å². The topological polar surface area (TPSA) is 58.9 Å². The fourth-order valence-electron chi connectivity index (χ4n) is 3.26. The van der Waals surface area contributed by atoms with Crippen LogP contribution in [0.25, 0.3) is 16.7 Å². The monoisotopic (exact) mass is 358 g/mol. The van der Waals surface area contributed by atoms with Crippen LogP contribution in [-0.4, -0.2) is 50.8 Å². The van der Waals surface area contributed by atoms with Gasteiger partial charge in [-0.1, -0.05) is 24.6 Å². The number of anilines is 1. The predicted molar refractivity (Wildman–Crippen MR) is 103 cm³/mol. The standard InChI is InChI=1S/C18H22N6.ClH/c1-3-7-15(8-4-1)24-18-16(13-22-24)17(20-14-21-18)19-9-12-23-10-5-2-6-11-23;/h1,3-4,7-8,13-14H,2,5-6,9-12H2,(H,19,20,21);1H. The van der Waals surface area contributed by atoms with Crippen molar-refractivity contribution in [3.63, 3.8) is 0 Å². The van der Waals surface area contributed by atoms with Gasteiger partial charge in [0.25, 0.3) is 0 Å². The average Bonchev–Trinajstić information content (AvgIpc) is 3.08. The first-order chi connectivity index (χ1) is 11.9. The molecule has 1 aromatic carbocycles. The third kappa shape index (κ3) is 3.91. The minimum absolute atomic E-state index is 0. The van der Waals surface area contributed by atoms with Crippen LogP contribution in [0, 0.1) is 0 Å². The lowest BCUT2D eigenvalue weighted by Gasteiger charge is -2.26. The normalized spacial score (nSPS) is 15.0. The molecular weight excluding hydrogens is 336 g/mol. The zero-order valence-electron chi connectivity index (χ0n) is 14.1. The number of aromatic nitrogens is 4. The van der Waals surface area contributed by atoms with Gasteiger partial charge in [0.15, 0.2) is 5.65 Å². The van der Waals surface area contributed by atoms with Crippen LogP contribution in [0.15, 0.2) is 42.9 Å². The number of likely N-dealkylation sites (tertiary alicyclic amines) is 1. The molecule has 1 fully saturated rings. The molecule has 0 bridgehead atoms. The number of hydrogen-bond acceptors (Lipinski definition) is 5. The quantitative estimate of drug-likeness (QED) is 0.759. The molecule has 0 unspecified atom stereocenters. The van der Waals surface area contributed by atoms with Crippen molar-refractivity contribution in [1.82, 2.24) is 24.6 Å². The molecular formula is C18H23ClN6. The Bertz CT molecular complexity index is 798. The summed E-state index contributed by atoms with van der Waals surface area (Å²) in [4.78, 5) is 11.3. The number of piperidine rings is 1. The Balaban J connectivity index is 0.00000182. The Morgan fingerprint density at radius 3 is 2.60 bits per heavy atom. The van der Waals surface area contributed by atoms with E-state index < -0.39 is 0 Å². The Hall–Kier alpha value is -2.18. The number of hydrogen-bond donors (Lipinski definition) is 1. The van der Waals surface area contributed by atoms with E-state index >= 15 is 0 Å². The first-order valence-electron chi connectivity index (χ1n) is 8.62. The van der Waals surface area contributed by atoms with E-state index in [0.717, 1.165) is 35.6 Å². The molecule has 0 aliphatic carbocycles. The minimum atomic E-state index is 0. The van der Waals surface area contributed by atoms with Crippen molar-refractivity contribution in [3.05, 3.63) is 42.9 Å². The van der Waals surface area contributed by atoms with Gasteiger partial charge in [-0.15, -0.1) is 12.4 Å². The first-order valence-corrected chi connectivity index (χ1v) is 8.62. The van der Waals surface area contributed by atoms with E-state index in [0.29, 0.717) is 0 Å². The molecule has 1 saturated heterocycles. The summed E-state index contributed by atoms with van der Waals surface area (Å²) in [5.41, 5.74) is 1.84. The zero-order valence-corrected chi connectivity index (χ0v) is 15.0. The molecule has 1 aliphatic rings. The molecule has 2 aromatic heterocycles. The van der Waals surface area contributed by atoms with Crippen molar-refractivity contribution >= 4 is 29.3 Å². The number of nitrogens with zero attached hydrogens (tertiary/aromatic N) is 5. The van der Waals surface area contributed by atoms with Gasteiger partial charge >= 0.3 is 0 Å². The summed E-state index contributed by atoms with van der Waals surface area (Å²) in [5.74, 6) is 0.860. The highest BCUT2D eigenvalue weighted by Crippen LogP contribution is 2.21. The van der Waals surface area contributed by atoms with Crippen LogP contribution in [0.1, 0.15) is 19.3 Å². The van der Waals surface area contributed by atoms with Gasteiger partial charge in [0, 0.05) is 13.1 Å². The Morgan fingerprint density at radius 2 is 1.80 bits per heavy atom. The van der Waals surface area contributed by atoms with E-state index in [9.17, 15) is 0 Å². The highest BCUT2D eigenvalue weighted by Gasteiger charge is 2.12. The third-order valence-electron chi connectivity index (χ3n) is 4.54. The van der Waals surface area contributed by atoms with Crippen molar-refractivity contribution in [2.45, 2.75) is 19.3 Å². The molecule has 4 rings (SSSR count). The summed E-state index contributed by atoms with van der Waals surface area (Å²) in [5, 5.41) is 8.90. The Morgan fingerprint density at radius 1 is 1.00 bits per heavy atom. The molecule has 0 spiro atoms. The second kappa shape index (κ2) is 8.27. The summed E-state index contributed by atoms with van der Waals surface area (Å²) >= 11 is 0. The second-order valence-electron chi connectivity index (χ2n) is 6.18. The van der Waals surface area contributed by atoms with Crippen LogP contribution in [0.3, 0.4) is 0 Å². The highest BCUT2D eigenvalue weighted by molar-refractivity contribution is 5.87. The fourth-order valence-corrected chi connectivity index (χ4v) is 3.26. The highest BCUT2D eigenvalue weighted by atomic mass is 35.5. The van der Waals surface area contributed by atoms with Gasteiger partial charge in [0.2, 0.25) is 0 Å². The molecule has 0 amide bonds. The lowest BCUT2D eigenvalue weighted by atomic mass is 10.1. The molecule has 132 valence electrons. The molecule has 7 heteroatoms. The first kappa shape index (κ1) is 17.6. The van der Waals surface area contributed by atoms with Gasteiger partial charge in [-0.3, -0.25) is 0 Å². The SMILES string of the molecule is Cl.c1ccc(-n2ncc3c(NCCN4CCCCC4)ncnc32)cc1. The molecule has 0 saturated carbocycles. The van der Waals surface area contributed by atoms with Crippen molar-refractivity contribution in [3.8, 4) is 5.69 Å². The summed E-state index contributed by atoms with van der Waals surface area (Å²) in [6.07, 6.45) is 7.45. The van der Waals surface area contributed by atoms with Gasteiger partial charge in [-0.25, -0.2) is 14.6 Å².